The van der Waals surface area contributed by atoms with E-state index in [4.69, 9.17) is 0 Å². The van der Waals surface area contributed by atoms with Crippen LogP contribution < -0.4 is 5.11 Å². The van der Waals surface area contributed by atoms with Gasteiger partial charge in [0.1, 0.15) is 0 Å². The van der Waals surface area contributed by atoms with Gasteiger partial charge in [-0.2, -0.15) is 39.5 Å². The zero-order chi connectivity index (χ0) is 18.7. The molecule has 0 fully saturated rings. The standard InChI is InChI=1S/C10H7F9O4/c11-7(12,3-4-23-6(22)2-1-5(20)21)8(13,14)9(15,16)10(17,18)19/h1-2H,3-4H2,(H,20,21)/p-1/b2-1+. The minimum atomic E-state index is -7.03. The van der Waals surface area contributed by atoms with Crippen LogP contribution in [0.1, 0.15) is 6.42 Å². The third kappa shape index (κ3) is 4.76. The molecule has 0 heterocycles. The molecule has 0 N–H and O–H groups in total. The van der Waals surface area contributed by atoms with Gasteiger partial charge in [-0.25, -0.2) is 4.79 Å². The number of carboxylic acids is 1. The number of carbonyl (C=O) groups is 2. The number of hydrogen-bond donors (Lipinski definition) is 0. The monoisotopic (exact) mass is 361 g/mol. The molecule has 0 saturated carbocycles. The number of esters is 1. The van der Waals surface area contributed by atoms with Gasteiger partial charge in [0, 0.05) is 6.08 Å². The highest BCUT2D eigenvalue weighted by atomic mass is 19.4. The third-order valence-electron chi connectivity index (χ3n) is 2.23. The summed E-state index contributed by atoms with van der Waals surface area (Å²) in [6.07, 6.45) is -9.10. The normalized spacial score (nSPS) is 14.1. The molecule has 13 heteroatoms. The van der Waals surface area contributed by atoms with E-state index < -0.39 is 48.9 Å². The van der Waals surface area contributed by atoms with E-state index in [0.29, 0.717) is 0 Å². The first-order valence-electron chi connectivity index (χ1n) is 5.32. The first-order valence-corrected chi connectivity index (χ1v) is 5.32. The fraction of sp³-hybridized carbons (Fsp3) is 0.600. The molecule has 0 amide bonds. The Morgan fingerprint density at radius 1 is 0.870 bits per heavy atom. The zero-order valence-electron chi connectivity index (χ0n) is 10.6. The molecule has 0 aliphatic carbocycles. The molecular formula is C10H6F9O4-. The number of hydrogen-bond acceptors (Lipinski definition) is 4. The van der Waals surface area contributed by atoms with Crippen LogP contribution in [-0.2, 0) is 14.3 Å². The van der Waals surface area contributed by atoms with Crippen LogP contribution in [0.25, 0.3) is 0 Å². The van der Waals surface area contributed by atoms with E-state index in [1.54, 1.807) is 0 Å². The smallest absolute Gasteiger partial charge is 0.460 e. The number of carboxylic acid groups (broad SMARTS) is 1. The van der Waals surface area contributed by atoms with Gasteiger partial charge in [0.25, 0.3) is 0 Å². The van der Waals surface area contributed by atoms with Crippen LogP contribution in [0.5, 0.6) is 0 Å². The lowest BCUT2D eigenvalue weighted by molar-refractivity contribution is -0.397. The first-order chi connectivity index (χ1) is 10.1. The van der Waals surface area contributed by atoms with Crippen LogP contribution in [0.15, 0.2) is 12.2 Å². The molecule has 4 nitrogen and oxygen atoms in total. The van der Waals surface area contributed by atoms with Crippen molar-refractivity contribution in [2.45, 2.75) is 30.4 Å². The molecule has 0 saturated heterocycles. The van der Waals surface area contributed by atoms with E-state index in [1.807, 2.05) is 0 Å². The van der Waals surface area contributed by atoms with E-state index >= 15 is 0 Å². The van der Waals surface area contributed by atoms with E-state index in [-0.39, 0.29) is 12.2 Å². The summed E-state index contributed by atoms with van der Waals surface area (Å²) in [6, 6.07) is 0. The van der Waals surface area contributed by atoms with Crippen molar-refractivity contribution < 1.29 is 58.9 Å². The number of rotatable bonds is 7. The van der Waals surface area contributed by atoms with Gasteiger partial charge < -0.3 is 14.6 Å². The van der Waals surface area contributed by atoms with Crippen LogP contribution in [0.2, 0.25) is 0 Å². The van der Waals surface area contributed by atoms with Gasteiger partial charge in [-0.05, 0) is 6.08 Å². The molecule has 0 aliphatic rings. The summed E-state index contributed by atoms with van der Waals surface area (Å²) >= 11 is 0. The van der Waals surface area contributed by atoms with Crippen LogP contribution >= 0.6 is 0 Å². The minimum Gasteiger partial charge on any atom is -0.545 e. The second-order valence-electron chi connectivity index (χ2n) is 3.92. The summed E-state index contributed by atoms with van der Waals surface area (Å²) in [5, 5.41) is 9.86. The van der Waals surface area contributed by atoms with Crippen LogP contribution in [0, 0.1) is 0 Å². The first kappa shape index (κ1) is 21.0. The summed E-state index contributed by atoms with van der Waals surface area (Å²) in [5.41, 5.74) is 0. The molecule has 0 aromatic carbocycles. The third-order valence-corrected chi connectivity index (χ3v) is 2.23. The Labute approximate surface area is 121 Å². The predicted molar refractivity (Wildman–Crippen MR) is 50.6 cm³/mol. The molecule has 0 atom stereocenters. The van der Waals surface area contributed by atoms with Crippen molar-refractivity contribution in [1.29, 1.82) is 0 Å². The highest BCUT2D eigenvalue weighted by Crippen LogP contribution is 2.53. The number of carbonyl (C=O) groups excluding carboxylic acids is 2. The summed E-state index contributed by atoms with van der Waals surface area (Å²) in [5.74, 6) is -23.2. The maximum atomic E-state index is 12.9. The average molecular weight is 361 g/mol. The minimum absolute atomic E-state index is 0.0763. The molecule has 0 rings (SSSR count). The molecular weight excluding hydrogens is 355 g/mol. The highest BCUT2D eigenvalue weighted by molar-refractivity contribution is 5.89. The molecule has 0 spiro atoms. The van der Waals surface area contributed by atoms with Gasteiger partial charge in [-0.1, -0.05) is 0 Å². The van der Waals surface area contributed by atoms with E-state index in [2.05, 4.69) is 4.74 Å². The van der Waals surface area contributed by atoms with Gasteiger partial charge in [-0.15, -0.1) is 0 Å². The second kappa shape index (κ2) is 6.66. The van der Waals surface area contributed by atoms with E-state index in [9.17, 15) is 54.2 Å². The Balaban J connectivity index is 4.93. The summed E-state index contributed by atoms with van der Waals surface area (Å²) < 4.78 is 115. The van der Waals surface area contributed by atoms with Crippen molar-refractivity contribution in [3.05, 3.63) is 12.2 Å². The number of aliphatic carboxylic acids is 1. The van der Waals surface area contributed by atoms with Crippen molar-refractivity contribution >= 4 is 11.9 Å². The Morgan fingerprint density at radius 2 is 1.35 bits per heavy atom. The molecule has 0 aliphatic heterocycles. The zero-order valence-corrected chi connectivity index (χ0v) is 10.6. The van der Waals surface area contributed by atoms with Crippen molar-refractivity contribution in [2.24, 2.45) is 0 Å². The maximum Gasteiger partial charge on any atom is 0.460 e. The molecule has 0 radical (unpaired) electrons. The van der Waals surface area contributed by atoms with Crippen LogP contribution in [0.3, 0.4) is 0 Å². The maximum absolute atomic E-state index is 12.9. The largest absolute Gasteiger partial charge is 0.545 e. The van der Waals surface area contributed by atoms with Crippen molar-refractivity contribution in [2.75, 3.05) is 6.61 Å². The fourth-order valence-corrected chi connectivity index (χ4v) is 1.03. The quantitative estimate of drug-likeness (QED) is 0.393. The average Bonchev–Trinajstić information content (AvgIpc) is 2.34. The molecule has 0 aromatic heterocycles. The SMILES string of the molecule is O=C([O-])/C=C/C(=O)OCCC(F)(F)C(F)(F)C(F)(F)C(F)(F)F. The molecule has 23 heavy (non-hydrogen) atoms. The summed E-state index contributed by atoms with van der Waals surface area (Å²) in [6.45, 7) is -1.67. The van der Waals surface area contributed by atoms with Gasteiger partial charge in [0.15, 0.2) is 0 Å². The van der Waals surface area contributed by atoms with Crippen LogP contribution in [0.4, 0.5) is 39.5 Å². The molecule has 0 unspecified atom stereocenters. The van der Waals surface area contributed by atoms with Crippen LogP contribution in [-0.4, -0.2) is 42.5 Å². The molecule has 0 aromatic rings. The lowest BCUT2D eigenvalue weighted by Crippen LogP contribution is -2.61. The Hall–Kier alpha value is -1.95. The van der Waals surface area contributed by atoms with E-state index in [0.717, 1.165) is 0 Å². The van der Waals surface area contributed by atoms with Gasteiger partial charge in [0.2, 0.25) is 0 Å². The van der Waals surface area contributed by atoms with Crippen molar-refractivity contribution in [1.82, 2.24) is 0 Å². The topological polar surface area (TPSA) is 66.4 Å². The van der Waals surface area contributed by atoms with Gasteiger partial charge >= 0.3 is 29.9 Å². The van der Waals surface area contributed by atoms with Gasteiger partial charge in [0.05, 0.1) is 19.0 Å². The van der Waals surface area contributed by atoms with Crippen molar-refractivity contribution in [3.8, 4) is 0 Å². The lowest BCUT2D eigenvalue weighted by atomic mass is 10.0. The number of halogens is 9. The Bertz CT molecular complexity index is 481. The summed E-state index contributed by atoms with van der Waals surface area (Å²) in [4.78, 5) is 20.5. The predicted octanol–water partition coefficient (Wildman–Crippen LogP) is 1.69. The second-order valence-corrected chi connectivity index (χ2v) is 3.92. The van der Waals surface area contributed by atoms with E-state index in [1.165, 1.54) is 0 Å². The highest BCUT2D eigenvalue weighted by Gasteiger charge is 2.81. The lowest BCUT2D eigenvalue weighted by Gasteiger charge is -2.33. The number of ether oxygens (including phenoxy) is 1. The Morgan fingerprint density at radius 3 is 1.74 bits per heavy atom. The number of alkyl halides is 9. The molecule has 0 bridgehead atoms. The Kier molecular flexibility index (Phi) is 6.10. The fourth-order valence-electron chi connectivity index (χ4n) is 1.03. The van der Waals surface area contributed by atoms with Crippen molar-refractivity contribution in [3.63, 3.8) is 0 Å². The summed E-state index contributed by atoms with van der Waals surface area (Å²) in [7, 11) is 0. The molecule has 134 valence electrons. The van der Waals surface area contributed by atoms with Gasteiger partial charge in [-0.3, -0.25) is 0 Å².